The number of carbonyl (C=O) groups excluding carboxylic acids is 1. The molecule has 2 nitrogen and oxygen atoms in total. The van der Waals surface area contributed by atoms with Gasteiger partial charge in [0.05, 0.1) is 0 Å². The number of rotatable bonds is 1. The van der Waals surface area contributed by atoms with Gasteiger partial charge < -0.3 is 5.73 Å². The van der Waals surface area contributed by atoms with E-state index in [9.17, 15) is 4.79 Å². The first kappa shape index (κ1) is 10.3. The quantitative estimate of drug-likeness (QED) is 0.355. The summed E-state index contributed by atoms with van der Waals surface area (Å²) in [5.74, 6) is -0.468. The van der Waals surface area contributed by atoms with E-state index in [1.54, 1.807) is 0 Å². The van der Waals surface area contributed by atoms with Crippen LogP contribution in [-0.2, 0) is 27.2 Å². The maximum absolute atomic E-state index is 9.69. The third-order valence-electron chi connectivity index (χ3n) is 0.239. The molecular weight excluding hydrogens is 206 g/mol. The Bertz CT molecular complexity index is 83.0. The molecule has 0 aliphatic heterocycles. The topological polar surface area (TPSA) is 43.1 Å². The van der Waals surface area contributed by atoms with Gasteiger partial charge in [0.25, 0.3) is 0 Å². The van der Waals surface area contributed by atoms with Gasteiger partial charge in [0.15, 0.2) is 0 Å². The van der Waals surface area contributed by atoms with Crippen LogP contribution >= 0.6 is 12.6 Å². The summed E-state index contributed by atoms with van der Waals surface area (Å²) in [6.07, 6.45) is 1.17. The number of primary amides is 1. The molecule has 1 radical (unpaired) electrons. The molecule has 0 rings (SSSR count). The standard InChI is InChI=1S/C3H5NOS.Ag/c4-3(5)1-2-6;/h1-2,6H,(H2,4,5);. The van der Waals surface area contributed by atoms with E-state index < -0.39 is 5.91 Å². The van der Waals surface area contributed by atoms with Gasteiger partial charge in [0.2, 0.25) is 5.91 Å². The fraction of sp³-hybridized carbons (Fsp3) is 0. The van der Waals surface area contributed by atoms with E-state index in [-0.39, 0.29) is 22.4 Å². The van der Waals surface area contributed by atoms with Gasteiger partial charge in [-0.2, -0.15) is 12.6 Å². The third kappa shape index (κ3) is 10.7. The Morgan fingerprint density at radius 1 is 1.71 bits per heavy atom. The van der Waals surface area contributed by atoms with E-state index in [4.69, 9.17) is 0 Å². The SMILES string of the molecule is NC(=O)C=CS.[Ag]. The van der Waals surface area contributed by atoms with Crippen molar-refractivity contribution in [2.24, 2.45) is 5.73 Å². The van der Waals surface area contributed by atoms with Gasteiger partial charge in [-0.1, -0.05) is 0 Å². The molecule has 45 valence electrons. The second kappa shape index (κ2) is 6.30. The molecule has 7 heavy (non-hydrogen) atoms. The number of amides is 1. The minimum absolute atomic E-state index is 0. The summed E-state index contributed by atoms with van der Waals surface area (Å²) in [6, 6.07) is 0. The van der Waals surface area contributed by atoms with Gasteiger partial charge in [0.1, 0.15) is 0 Å². The summed E-state index contributed by atoms with van der Waals surface area (Å²) in [6.45, 7) is 0. The van der Waals surface area contributed by atoms with Crippen LogP contribution < -0.4 is 5.73 Å². The molecule has 0 aromatic rings. The van der Waals surface area contributed by atoms with Crippen molar-refractivity contribution in [2.45, 2.75) is 0 Å². The number of hydrogen-bond donors (Lipinski definition) is 2. The Hall–Kier alpha value is 0.300. The number of carbonyl (C=O) groups is 1. The largest absolute Gasteiger partial charge is 0.366 e. The van der Waals surface area contributed by atoms with Crippen LogP contribution in [0, 0.1) is 0 Å². The Morgan fingerprint density at radius 2 is 2.14 bits per heavy atom. The van der Waals surface area contributed by atoms with Crippen molar-refractivity contribution >= 4 is 18.5 Å². The Balaban J connectivity index is 0. The summed E-state index contributed by atoms with van der Waals surface area (Å²) >= 11 is 3.58. The number of hydrogen-bond acceptors (Lipinski definition) is 2. The maximum Gasteiger partial charge on any atom is 0.241 e. The van der Waals surface area contributed by atoms with Gasteiger partial charge in [-0.05, 0) is 5.41 Å². The van der Waals surface area contributed by atoms with Crippen LogP contribution in [0.4, 0.5) is 0 Å². The first-order valence-corrected chi connectivity index (χ1v) is 1.89. The second-order valence-electron chi connectivity index (χ2n) is 0.718. The van der Waals surface area contributed by atoms with Gasteiger partial charge in [-0.15, -0.1) is 0 Å². The molecule has 4 heteroatoms. The van der Waals surface area contributed by atoms with Crippen LogP contribution in [0.25, 0.3) is 0 Å². The first-order valence-electron chi connectivity index (χ1n) is 1.37. The van der Waals surface area contributed by atoms with Crippen LogP contribution in [-0.4, -0.2) is 5.91 Å². The van der Waals surface area contributed by atoms with Crippen LogP contribution in [0.2, 0.25) is 0 Å². The molecule has 0 spiro atoms. The molecule has 1 amide bonds. The summed E-state index contributed by atoms with van der Waals surface area (Å²) < 4.78 is 0. The molecule has 0 fully saturated rings. The van der Waals surface area contributed by atoms with E-state index in [0.29, 0.717) is 0 Å². The molecule has 0 aromatic carbocycles. The Kier molecular flexibility index (Phi) is 9.28. The van der Waals surface area contributed by atoms with Gasteiger partial charge in [-0.25, -0.2) is 0 Å². The molecule has 0 saturated heterocycles. The zero-order valence-corrected chi connectivity index (χ0v) is 5.77. The Morgan fingerprint density at radius 3 is 2.14 bits per heavy atom. The van der Waals surface area contributed by atoms with E-state index in [0.717, 1.165) is 0 Å². The average molecular weight is 211 g/mol. The third-order valence-corrected chi connectivity index (χ3v) is 0.388. The summed E-state index contributed by atoms with van der Waals surface area (Å²) in [5, 5.41) is 1.29. The van der Waals surface area contributed by atoms with E-state index in [2.05, 4.69) is 18.4 Å². The molecule has 0 atom stereocenters. The van der Waals surface area contributed by atoms with Crippen molar-refractivity contribution < 1.29 is 27.2 Å². The van der Waals surface area contributed by atoms with Gasteiger partial charge >= 0.3 is 0 Å². The van der Waals surface area contributed by atoms with Crippen LogP contribution in [0.1, 0.15) is 0 Å². The van der Waals surface area contributed by atoms with E-state index >= 15 is 0 Å². The monoisotopic (exact) mass is 210 g/mol. The van der Waals surface area contributed by atoms with Crippen molar-refractivity contribution in [1.29, 1.82) is 0 Å². The fourth-order valence-electron chi connectivity index (χ4n) is 0.0735. The zero-order valence-electron chi connectivity index (χ0n) is 3.39. The van der Waals surface area contributed by atoms with E-state index in [1.165, 1.54) is 11.5 Å². The van der Waals surface area contributed by atoms with Crippen molar-refractivity contribution in [3.8, 4) is 0 Å². The average Bonchev–Trinajstić information content (AvgIpc) is 1.35. The Labute approximate surface area is 63.1 Å². The molecule has 0 unspecified atom stereocenters. The summed E-state index contributed by atoms with van der Waals surface area (Å²) in [7, 11) is 0. The van der Waals surface area contributed by atoms with Gasteiger partial charge in [0, 0.05) is 28.5 Å². The minimum Gasteiger partial charge on any atom is -0.366 e. The number of thiol groups is 1. The molecule has 0 heterocycles. The van der Waals surface area contributed by atoms with Gasteiger partial charge in [-0.3, -0.25) is 4.79 Å². The molecular formula is C3H5AgNOS. The maximum atomic E-state index is 9.69. The molecule has 0 aliphatic rings. The zero-order chi connectivity index (χ0) is 4.99. The predicted molar refractivity (Wildman–Crippen MR) is 27.3 cm³/mol. The minimum atomic E-state index is -0.468. The molecule has 2 N–H and O–H groups in total. The van der Waals surface area contributed by atoms with Crippen molar-refractivity contribution in [3.63, 3.8) is 0 Å². The molecule has 0 saturated carbocycles. The van der Waals surface area contributed by atoms with Crippen molar-refractivity contribution in [2.75, 3.05) is 0 Å². The van der Waals surface area contributed by atoms with Crippen molar-refractivity contribution in [1.82, 2.24) is 0 Å². The van der Waals surface area contributed by atoms with Crippen LogP contribution in [0.15, 0.2) is 11.5 Å². The molecule has 0 bridgehead atoms. The first-order chi connectivity index (χ1) is 2.77. The summed E-state index contributed by atoms with van der Waals surface area (Å²) in [5.41, 5.74) is 4.63. The second-order valence-corrected chi connectivity index (χ2v) is 1.02. The normalized spacial score (nSPS) is 8.14. The van der Waals surface area contributed by atoms with E-state index in [1.807, 2.05) is 0 Å². The smallest absolute Gasteiger partial charge is 0.241 e. The summed E-state index contributed by atoms with van der Waals surface area (Å²) in [4.78, 5) is 9.69. The molecule has 0 aliphatic carbocycles. The van der Waals surface area contributed by atoms with Crippen molar-refractivity contribution in [3.05, 3.63) is 11.5 Å². The fourth-order valence-corrected chi connectivity index (χ4v) is 0.220. The van der Waals surface area contributed by atoms with Crippen LogP contribution in [0.5, 0.6) is 0 Å². The number of nitrogens with two attached hydrogens (primary N) is 1. The van der Waals surface area contributed by atoms with Crippen LogP contribution in [0.3, 0.4) is 0 Å². The molecule has 0 aromatic heterocycles. The predicted octanol–water partition coefficient (Wildman–Crippen LogP) is -0.0873.